The van der Waals surface area contributed by atoms with Crippen LogP contribution in [-0.4, -0.2) is 24.5 Å². The van der Waals surface area contributed by atoms with Crippen molar-refractivity contribution in [3.63, 3.8) is 0 Å². The second-order valence-electron chi connectivity index (χ2n) is 6.76. The largest absolute Gasteiger partial charge is 0.455 e. The quantitative estimate of drug-likeness (QED) is 0.849. The second-order valence-corrected chi connectivity index (χ2v) is 6.76. The summed E-state index contributed by atoms with van der Waals surface area (Å²) < 4.78 is 5.09. The van der Waals surface area contributed by atoms with E-state index < -0.39 is 0 Å². The number of amides is 1. The molecule has 0 aliphatic heterocycles. The van der Waals surface area contributed by atoms with E-state index in [1.807, 2.05) is 31.2 Å². The minimum absolute atomic E-state index is 0.192. The van der Waals surface area contributed by atoms with E-state index in [0.29, 0.717) is 11.8 Å². The van der Waals surface area contributed by atoms with E-state index in [9.17, 15) is 9.59 Å². The van der Waals surface area contributed by atoms with Crippen molar-refractivity contribution in [3.05, 3.63) is 35.4 Å². The first-order valence-corrected chi connectivity index (χ1v) is 8.46. The third kappa shape index (κ3) is 5.38. The van der Waals surface area contributed by atoms with Crippen LogP contribution in [0, 0.1) is 18.8 Å². The summed E-state index contributed by atoms with van der Waals surface area (Å²) in [6.45, 7) is 6.21. The van der Waals surface area contributed by atoms with Crippen LogP contribution >= 0.6 is 0 Å². The summed E-state index contributed by atoms with van der Waals surface area (Å²) in [4.78, 5) is 23.8. The van der Waals surface area contributed by atoms with E-state index in [2.05, 4.69) is 19.2 Å². The fourth-order valence-electron chi connectivity index (χ4n) is 3.10. The van der Waals surface area contributed by atoms with Crippen molar-refractivity contribution in [1.82, 2.24) is 5.32 Å². The highest BCUT2D eigenvalue weighted by atomic mass is 16.5. The summed E-state index contributed by atoms with van der Waals surface area (Å²) in [6, 6.07) is 7.92. The first-order chi connectivity index (χ1) is 11.0. The summed E-state index contributed by atoms with van der Waals surface area (Å²) >= 11 is 0. The van der Waals surface area contributed by atoms with Crippen molar-refractivity contribution in [1.29, 1.82) is 0 Å². The number of hydrogen-bond acceptors (Lipinski definition) is 3. The summed E-state index contributed by atoms with van der Waals surface area (Å²) in [5.41, 5.74) is 2.05. The van der Waals surface area contributed by atoms with Gasteiger partial charge < -0.3 is 10.1 Å². The molecule has 1 aromatic rings. The van der Waals surface area contributed by atoms with Gasteiger partial charge in [-0.1, -0.05) is 56.5 Å². The molecule has 23 heavy (non-hydrogen) atoms. The van der Waals surface area contributed by atoms with Gasteiger partial charge in [0.15, 0.2) is 6.61 Å². The van der Waals surface area contributed by atoms with Gasteiger partial charge in [-0.15, -0.1) is 0 Å². The van der Waals surface area contributed by atoms with Crippen molar-refractivity contribution in [2.75, 3.05) is 6.61 Å². The van der Waals surface area contributed by atoms with Crippen LogP contribution in [0.15, 0.2) is 24.3 Å². The van der Waals surface area contributed by atoms with Crippen molar-refractivity contribution >= 4 is 11.9 Å². The van der Waals surface area contributed by atoms with E-state index in [4.69, 9.17) is 4.74 Å². The molecule has 126 valence electrons. The molecule has 1 saturated carbocycles. The Morgan fingerprint density at radius 1 is 1.17 bits per heavy atom. The maximum Gasteiger partial charge on any atom is 0.310 e. The molecule has 4 nitrogen and oxygen atoms in total. The minimum Gasteiger partial charge on any atom is -0.455 e. The van der Waals surface area contributed by atoms with Crippen LogP contribution < -0.4 is 5.32 Å². The number of carbonyl (C=O) groups is 2. The normalized spacial score (nSPS) is 24.0. The molecule has 0 heterocycles. The lowest BCUT2D eigenvalue weighted by molar-refractivity contribution is -0.148. The summed E-state index contributed by atoms with van der Waals surface area (Å²) in [5.74, 6) is 0.524. The highest BCUT2D eigenvalue weighted by Crippen LogP contribution is 2.29. The number of benzene rings is 1. The number of rotatable bonds is 5. The van der Waals surface area contributed by atoms with Crippen LogP contribution in [0.1, 0.15) is 44.2 Å². The number of aryl methyl sites for hydroxylation is 1. The van der Waals surface area contributed by atoms with Gasteiger partial charge in [0.2, 0.25) is 0 Å². The second kappa shape index (κ2) is 8.14. The van der Waals surface area contributed by atoms with Gasteiger partial charge in [-0.3, -0.25) is 9.59 Å². The van der Waals surface area contributed by atoms with E-state index in [1.54, 1.807) is 0 Å². The van der Waals surface area contributed by atoms with Gasteiger partial charge >= 0.3 is 5.97 Å². The zero-order valence-electron chi connectivity index (χ0n) is 14.3. The van der Waals surface area contributed by atoms with E-state index in [1.165, 1.54) is 6.42 Å². The fraction of sp³-hybridized carbons (Fsp3) is 0.579. The Morgan fingerprint density at radius 2 is 1.87 bits per heavy atom. The molecule has 1 amide bonds. The van der Waals surface area contributed by atoms with Crippen molar-refractivity contribution < 1.29 is 14.3 Å². The van der Waals surface area contributed by atoms with Gasteiger partial charge in [0.1, 0.15) is 0 Å². The molecule has 0 radical (unpaired) electrons. The van der Waals surface area contributed by atoms with E-state index in [-0.39, 0.29) is 30.9 Å². The topological polar surface area (TPSA) is 55.4 Å². The smallest absolute Gasteiger partial charge is 0.310 e. The number of ether oxygens (including phenoxy) is 1. The first kappa shape index (κ1) is 17.5. The molecule has 1 N–H and O–H groups in total. The molecule has 3 atom stereocenters. The zero-order chi connectivity index (χ0) is 16.8. The summed E-state index contributed by atoms with van der Waals surface area (Å²) in [6.07, 6.45) is 3.57. The standard InChI is InChI=1S/C19H27NO3/c1-13-7-9-16(10-8-13)11-19(22)23-12-18(21)20-17-6-4-5-14(2)15(17)3/h7-10,14-15,17H,4-6,11-12H2,1-3H3,(H,20,21)/t14-,15+,17+/m1/s1. The monoisotopic (exact) mass is 317 g/mol. The average molecular weight is 317 g/mol. The van der Waals surface area contributed by atoms with Gasteiger partial charge in [0.05, 0.1) is 6.42 Å². The molecular weight excluding hydrogens is 290 g/mol. The number of hydrogen-bond donors (Lipinski definition) is 1. The molecule has 1 aromatic carbocycles. The molecule has 1 aliphatic carbocycles. The number of esters is 1. The van der Waals surface area contributed by atoms with Crippen LogP contribution in [-0.2, 0) is 20.7 Å². The molecule has 0 saturated heterocycles. The molecular formula is C19H27NO3. The van der Waals surface area contributed by atoms with Crippen molar-refractivity contribution in [3.8, 4) is 0 Å². The van der Waals surface area contributed by atoms with Crippen LogP contribution in [0.4, 0.5) is 0 Å². The molecule has 1 fully saturated rings. The molecule has 0 spiro atoms. The Labute approximate surface area is 138 Å². The Hall–Kier alpha value is -1.84. The molecule has 0 aromatic heterocycles. The van der Waals surface area contributed by atoms with Crippen molar-refractivity contribution in [2.24, 2.45) is 11.8 Å². The lowest BCUT2D eigenvalue weighted by Crippen LogP contribution is -2.45. The maximum atomic E-state index is 12.0. The number of carbonyl (C=O) groups excluding carboxylic acids is 2. The predicted molar refractivity (Wildman–Crippen MR) is 90.0 cm³/mol. The third-order valence-corrected chi connectivity index (χ3v) is 4.89. The predicted octanol–water partition coefficient (Wildman–Crippen LogP) is 3.02. The Bertz CT molecular complexity index is 538. The third-order valence-electron chi connectivity index (χ3n) is 4.89. The number of nitrogens with one attached hydrogen (secondary N) is 1. The molecule has 0 unspecified atom stereocenters. The molecule has 4 heteroatoms. The molecule has 1 aliphatic rings. The van der Waals surface area contributed by atoms with Crippen LogP contribution in [0.3, 0.4) is 0 Å². The van der Waals surface area contributed by atoms with Gasteiger partial charge in [-0.2, -0.15) is 0 Å². The minimum atomic E-state index is -0.367. The first-order valence-electron chi connectivity index (χ1n) is 8.46. The fourth-order valence-corrected chi connectivity index (χ4v) is 3.10. The summed E-state index contributed by atoms with van der Waals surface area (Å²) in [7, 11) is 0. The SMILES string of the molecule is Cc1ccc(CC(=O)OCC(=O)N[C@H]2CCC[C@@H](C)[C@@H]2C)cc1. The van der Waals surface area contributed by atoms with Crippen LogP contribution in [0.5, 0.6) is 0 Å². The maximum absolute atomic E-state index is 12.0. The highest BCUT2D eigenvalue weighted by molar-refractivity contribution is 5.81. The highest BCUT2D eigenvalue weighted by Gasteiger charge is 2.28. The zero-order valence-corrected chi connectivity index (χ0v) is 14.3. The van der Waals surface area contributed by atoms with Crippen LogP contribution in [0.2, 0.25) is 0 Å². The average Bonchev–Trinajstić information content (AvgIpc) is 2.52. The summed E-state index contributed by atoms with van der Waals surface area (Å²) in [5, 5.41) is 3.01. The van der Waals surface area contributed by atoms with Gasteiger partial charge in [0.25, 0.3) is 5.91 Å². The van der Waals surface area contributed by atoms with E-state index >= 15 is 0 Å². The lowest BCUT2D eigenvalue weighted by Gasteiger charge is -2.34. The Balaban J connectivity index is 1.73. The lowest BCUT2D eigenvalue weighted by atomic mass is 9.78. The Kier molecular flexibility index (Phi) is 6.20. The molecule has 2 rings (SSSR count). The van der Waals surface area contributed by atoms with E-state index in [0.717, 1.165) is 24.0 Å². The van der Waals surface area contributed by atoms with Gasteiger partial charge in [-0.25, -0.2) is 0 Å². The van der Waals surface area contributed by atoms with Crippen LogP contribution in [0.25, 0.3) is 0 Å². The Morgan fingerprint density at radius 3 is 2.57 bits per heavy atom. The molecule has 0 bridgehead atoms. The van der Waals surface area contributed by atoms with Gasteiger partial charge in [-0.05, 0) is 30.7 Å². The van der Waals surface area contributed by atoms with Gasteiger partial charge in [0, 0.05) is 6.04 Å². The van der Waals surface area contributed by atoms with Crippen molar-refractivity contribution in [2.45, 2.75) is 52.5 Å².